The zero-order valence-electron chi connectivity index (χ0n) is 14.4. The summed E-state index contributed by atoms with van der Waals surface area (Å²) in [6.07, 6.45) is 0. The largest absolute Gasteiger partial charge is 0.497 e. The maximum atomic E-state index is 12.8. The van der Waals surface area contributed by atoms with Crippen molar-refractivity contribution in [1.29, 1.82) is 0 Å². The molecule has 0 spiro atoms. The van der Waals surface area contributed by atoms with Gasteiger partial charge in [0, 0.05) is 12.6 Å². The van der Waals surface area contributed by atoms with Gasteiger partial charge in [0.1, 0.15) is 18.0 Å². The predicted molar refractivity (Wildman–Crippen MR) is 95.3 cm³/mol. The summed E-state index contributed by atoms with van der Waals surface area (Å²) in [6.45, 7) is 1.57. The SMILES string of the molecule is COc1cc(CN(CC(=O)O)C(=O)C(C)c2ccsc2)cc(OC)c1. The summed E-state index contributed by atoms with van der Waals surface area (Å²) in [5.41, 5.74) is 1.62. The van der Waals surface area contributed by atoms with Crippen LogP contribution in [0.4, 0.5) is 0 Å². The Kier molecular flexibility index (Phi) is 6.41. The van der Waals surface area contributed by atoms with Crippen molar-refractivity contribution in [1.82, 2.24) is 4.90 Å². The molecule has 0 saturated heterocycles. The number of nitrogens with zero attached hydrogens (tertiary/aromatic N) is 1. The van der Waals surface area contributed by atoms with Crippen molar-refractivity contribution in [3.63, 3.8) is 0 Å². The second-order valence-electron chi connectivity index (χ2n) is 5.59. The zero-order chi connectivity index (χ0) is 18.4. The molecule has 0 radical (unpaired) electrons. The first-order valence-corrected chi connectivity index (χ1v) is 8.63. The molecule has 1 unspecified atom stereocenters. The van der Waals surface area contributed by atoms with Crippen LogP contribution in [0.25, 0.3) is 0 Å². The lowest BCUT2D eigenvalue weighted by Crippen LogP contribution is -2.37. The normalized spacial score (nSPS) is 11.6. The quantitative estimate of drug-likeness (QED) is 0.780. The van der Waals surface area contributed by atoms with E-state index >= 15 is 0 Å². The van der Waals surface area contributed by atoms with Crippen LogP contribution in [0, 0.1) is 0 Å². The summed E-state index contributed by atoms with van der Waals surface area (Å²) in [6, 6.07) is 7.13. The third-order valence-electron chi connectivity index (χ3n) is 3.84. The number of ether oxygens (including phenoxy) is 2. The fraction of sp³-hybridized carbons (Fsp3) is 0.333. The van der Waals surface area contributed by atoms with Crippen LogP contribution in [0.3, 0.4) is 0 Å². The molecule has 1 aromatic carbocycles. The second kappa shape index (κ2) is 8.53. The lowest BCUT2D eigenvalue weighted by Gasteiger charge is -2.24. The third-order valence-corrected chi connectivity index (χ3v) is 4.54. The summed E-state index contributed by atoms with van der Waals surface area (Å²) in [4.78, 5) is 25.3. The van der Waals surface area contributed by atoms with Crippen molar-refractivity contribution in [3.05, 3.63) is 46.2 Å². The van der Waals surface area contributed by atoms with E-state index in [1.165, 1.54) is 30.5 Å². The van der Waals surface area contributed by atoms with Crippen molar-refractivity contribution >= 4 is 23.2 Å². The van der Waals surface area contributed by atoms with Crippen LogP contribution >= 0.6 is 11.3 Å². The predicted octanol–water partition coefficient (Wildman–Crippen LogP) is 2.98. The van der Waals surface area contributed by atoms with Gasteiger partial charge in [-0.05, 0) is 47.0 Å². The smallest absolute Gasteiger partial charge is 0.323 e. The molecule has 0 saturated carbocycles. The Hall–Kier alpha value is -2.54. The Morgan fingerprint density at radius 2 is 1.84 bits per heavy atom. The zero-order valence-corrected chi connectivity index (χ0v) is 15.2. The van der Waals surface area contributed by atoms with Gasteiger partial charge in [-0.1, -0.05) is 0 Å². The molecule has 0 aliphatic heterocycles. The van der Waals surface area contributed by atoms with Gasteiger partial charge in [-0.2, -0.15) is 11.3 Å². The van der Waals surface area contributed by atoms with Crippen LogP contribution in [0.15, 0.2) is 35.0 Å². The molecule has 0 fully saturated rings. The van der Waals surface area contributed by atoms with Crippen LogP contribution in [0.2, 0.25) is 0 Å². The minimum atomic E-state index is -1.05. The Bertz CT molecular complexity index is 707. The molecule has 7 heteroatoms. The molecule has 1 atom stereocenters. The highest BCUT2D eigenvalue weighted by Crippen LogP contribution is 2.25. The molecular weight excluding hydrogens is 342 g/mol. The first-order chi connectivity index (χ1) is 11.9. The summed E-state index contributed by atoms with van der Waals surface area (Å²) >= 11 is 1.50. The molecule has 1 aromatic heterocycles. The summed E-state index contributed by atoms with van der Waals surface area (Å²) < 4.78 is 10.5. The highest BCUT2D eigenvalue weighted by atomic mass is 32.1. The van der Waals surface area contributed by atoms with E-state index in [4.69, 9.17) is 9.47 Å². The number of carboxylic acid groups (broad SMARTS) is 1. The van der Waals surface area contributed by atoms with Crippen molar-refractivity contribution in [2.75, 3.05) is 20.8 Å². The number of hydrogen-bond donors (Lipinski definition) is 1. The average molecular weight is 363 g/mol. The Balaban J connectivity index is 2.25. The number of carbonyl (C=O) groups is 2. The molecule has 1 amide bonds. The van der Waals surface area contributed by atoms with E-state index in [-0.39, 0.29) is 19.0 Å². The van der Waals surface area contributed by atoms with Crippen molar-refractivity contribution < 1.29 is 24.2 Å². The number of rotatable bonds is 8. The first-order valence-electron chi connectivity index (χ1n) is 7.69. The number of amides is 1. The van der Waals surface area contributed by atoms with E-state index in [0.29, 0.717) is 11.5 Å². The van der Waals surface area contributed by atoms with Crippen LogP contribution in [-0.2, 0) is 16.1 Å². The Morgan fingerprint density at radius 1 is 1.20 bits per heavy atom. The summed E-state index contributed by atoms with van der Waals surface area (Å²) in [5.74, 6) is -0.521. The van der Waals surface area contributed by atoms with E-state index in [0.717, 1.165) is 11.1 Å². The van der Waals surface area contributed by atoms with E-state index in [1.807, 2.05) is 16.8 Å². The van der Waals surface area contributed by atoms with E-state index in [1.54, 1.807) is 25.1 Å². The highest BCUT2D eigenvalue weighted by molar-refractivity contribution is 7.08. The average Bonchev–Trinajstić information content (AvgIpc) is 3.13. The monoisotopic (exact) mass is 363 g/mol. The van der Waals surface area contributed by atoms with Gasteiger partial charge in [-0.25, -0.2) is 0 Å². The maximum Gasteiger partial charge on any atom is 0.323 e. The van der Waals surface area contributed by atoms with Gasteiger partial charge in [-0.15, -0.1) is 0 Å². The number of thiophene rings is 1. The summed E-state index contributed by atoms with van der Waals surface area (Å²) in [5, 5.41) is 13.0. The second-order valence-corrected chi connectivity index (χ2v) is 6.37. The number of methoxy groups -OCH3 is 2. The molecule has 1 N–H and O–H groups in total. The molecule has 0 aliphatic rings. The number of hydrogen-bond acceptors (Lipinski definition) is 5. The third kappa shape index (κ3) is 4.96. The molecule has 2 aromatic rings. The topological polar surface area (TPSA) is 76.1 Å². The summed E-state index contributed by atoms with van der Waals surface area (Å²) in [7, 11) is 3.08. The van der Waals surface area contributed by atoms with Crippen LogP contribution in [-0.4, -0.2) is 42.6 Å². The van der Waals surface area contributed by atoms with E-state index < -0.39 is 11.9 Å². The molecule has 6 nitrogen and oxygen atoms in total. The number of benzene rings is 1. The molecule has 0 bridgehead atoms. The van der Waals surface area contributed by atoms with E-state index in [2.05, 4.69) is 0 Å². The fourth-order valence-corrected chi connectivity index (χ4v) is 3.24. The van der Waals surface area contributed by atoms with Crippen LogP contribution in [0.5, 0.6) is 11.5 Å². The molecule has 0 aliphatic carbocycles. The molecule has 2 rings (SSSR count). The van der Waals surface area contributed by atoms with Gasteiger partial charge >= 0.3 is 5.97 Å². The van der Waals surface area contributed by atoms with Crippen LogP contribution in [0.1, 0.15) is 24.0 Å². The van der Waals surface area contributed by atoms with E-state index in [9.17, 15) is 14.7 Å². The molecule has 134 valence electrons. The van der Waals surface area contributed by atoms with Gasteiger partial charge in [0.05, 0.1) is 20.1 Å². The maximum absolute atomic E-state index is 12.8. The van der Waals surface area contributed by atoms with Crippen molar-refractivity contribution in [2.24, 2.45) is 0 Å². The first kappa shape index (κ1) is 18.8. The lowest BCUT2D eigenvalue weighted by atomic mass is 10.0. The number of aliphatic carboxylic acids is 1. The van der Waals surface area contributed by atoms with Gasteiger partial charge in [0.2, 0.25) is 5.91 Å². The Morgan fingerprint density at radius 3 is 2.32 bits per heavy atom. The fourth-order valence-electron chi connectivity index (χ4n) is 2.49. The number of carboxylic acids is 1. The van der Waals surface area contributed by atoms with Crippen molar-refractivity contribution in [3.8, 4) is 11.5 Å². The highest BCUT2D eigenvalue weighted by Gasteiger charge is 2.24. The Labute approximate surface area is 150 Å². The van der Waals surface area contributed by atoms with Gasteiger partial charge in [0.25, 0.3) is 0 Å². The minimum Gasteiger partial charge on any atom is -0.497 e. The van der Waals surface area contributed by atoms with Crippen molar-refractivity contribution in [2.45, 2.75) is 19.4 Å². The minimum absolute atomic E-state index is 0.160. The van der Waals surface area contributed by atoms with Crippen LogP contribution < -0.4 is 9.47 Å². The van der Waals surface area contributed by atoms with Gasteiger partial charge in [-0.3, -0.25) is 9.59 Å². The standard InChI is InChI=1S/C18H21NO5S/c1-12(14-4-5-25-11-14)18(22)19(10-17(20)21)9-13-6-15(23-2)8-16(7-13)24-3/h4-8,11-12H,9-10H2,1-3H3,(H,20,21). The molecule has 1 heterocycles. The van der Waals surface area contributed by atoms with Gasteiger partial charge in [0.15, 0.2) is 0 Å². The molecule has 25 heavy (non-hydrogen) atoms. The molecular formula is C18H21NO5S. The van der Waals surface area contributed by atoms with Gasteiger partial charge < -0.3 is 19.5 Å². The lowest BCUT2D eigenvalue weighted by molar-refractivity contribution is -0.145. The number of carbonyl (C=O) groups excluding carboxylic acids is 1.